The van der Waals surface area contributed by atoms with E-state index >= 15 is 0 Å². The molecule has 5 rings (SSSR count). The van der Waals surface area contributed by atoms with Crippen LogP contribution in [0.1, 0.15) is 51.5 Å². The zero-order chi connectivity index (χ0) is 17.1. The molecule has 4 aliphatic carbocycles. The van der Waals surface area contributed by atoms with Gasteiger partial charge < -0.3 is 10.4 Å². The summed E-state index contributed by atoms with van der Waals surface area (Å²) in [5.41, 5.74) is 0.418. The first-order valence-electron chi connectivity index (χ1n) is 8.72. The molecule has 2 N–H and O–H groups in total. The minimum atomic E-state index is -1.04. The first-order valence-corrected chi connectivity index (χ1v) is 9.51. The predicted octanol–water partition coefficient (Wildman–Crippen LogP) is 3.03. The summed E-state index contributed by atoms with van der Waals surface area (Å²) in [4.78, 5) is 23.9. The van der Waals surface area contributed by atoms with Crippen LogP contribution in [-0.4, -0.2) is 26.4 Å². The second kappa shape index (κ2) is 5.58. The third kappa shape index (κ3) is 2.31. The van der Waals surface area contributed by atoms with Gasteiger partial charge in [-0.25, -0.2) is 9.48 Å². The third-order valence-corrected chi connectivity index (χ3v) is 7.05. The molecule has 6 nitrogen and oxygen atoms in total. The standard InChI is InChI=1S/C17H22BrN3O3/c1-2-13(16(23)24)21-15(22)14(18)12(8-19-21)20-17-6-9-3-10(7-17)5-11(17)4-9/h8-11,13,20H,2-7H2,1H3,(H,23,24). The van der Waals surface area contributed by atoms with Crippen LogP contribution in [0.3, 0.4) is 0 Å². The van der Waals surface area contributed by atoms with Crippen LogP contribution in [0.5, 0.6) is 0 Å². The van der Waals surface area contributed by atoms with Crippen LogP contribution in [0.25, 0.3) is 0 Å². The number of halogens is 1. The van der Waals surface area contributed by atoms with E-state index < -0.39 is 12.0 Å². The Hall–Kier alpha value is -1.37. The van der Waals surface area contributed by atoms with Crippen molar-refractivity contribution in [2.24, 2.45) is 17.8 Å². The Kier molecular flexibility index (Phi) is 3.74. The smallest absolute Gasteiger partial charge is 0.328 e. The van der Waals surface area contributed by atoms with E-state index in [1.807, 2.05) is 0 Å². The van der Waals surface area contributed by atoms with Crippen molar-refractivity contribution in [2.75, 3.05) is 5.32 Å². The van der Waals surface area contributed by atoms with E-state index in [-0.39, 0.29) is 11.1 Å². The summed E-state index contributed by atoms with van der Waals surface area (Å²) in [7, 11) is 0. The fraction of sp³-hybridized carbons (Fsp3) is 0.706. The number of nitrogens with zero attached hydrogens (tertiary/aromatic N) is 2. The molecule has 1 aromatic rings. The summed E-state index contributed by atoms with van der Waals surface area (Å²) in [5.74, 6) is 1.29. The van der Waals surface area contributed by atoms with E-state index in [1.54, 1.807) is 13.1 Å². The summed E-state index contributed by atoms with van der Waals surface area (Å²) in [6.07, 6.45) is 8.22. The first kappa shape index (κ1) is 16.1. The number of aliphatic carboxylic acids is 1. The molecule has 0 saturated heterocycles. The maximum absolute atomic E-state index is 12.6. The van der Waals surface area contributed by atoms with Crippen molar-refractivity contribution < 1.29 is 9.90 Å². The molecule has 0 aliphatic heterocycles. The number of rotatable bonds is 5. The first-order chi connectivity index (χ1) is 11.4. The van der Waals surface area contributed by atoms with Gasteiger partial charge in [-0.2, -0.15) is 5.10 Å². The predicted molar refractivity (Wildman–Crippen MR) is 93.1 cm³/mol. The minimum Gasteiger partial charge on any atom is -0.480 e. The summed E-state index contributed by atoms with van der Waals surface area (Å²) in [6, 6.07) is -0.931. The average molecular weight is 396 g/mol. The Bertz CT molecular complexity index is 733. The third-order valence-electron chi connectivity index (χ3n) is 6.28. The van der Waals surface area contributed by atoms with Crippen LogP contribution in [0, 0.1) is 17.8 Å². The number of carboxylic acids is 1. The highest BCUT2D eigenvalue weighted by Crippen LogP contribution is 2.61. The highest BCUT2D eigenvalue weighted by molar-refractivity contribution is 9.10. The Morgan fingerprint density at radius 2 is 2.12 bits per heavy atom. The van der Waals surface area contributed by atoms with Crippen molar-refractivity contribution in [3.63, 3.8) is 0 Å². The maximum atomic E-state index is 12.6. The van der Waals surface area contributed by atoms with Gasteiger partial charge in [0.1, 0.15) is 4.47 Å². The summed E-state index contributed by atoms with van der Waals surface area (Å²) < 4.78 is 1.45. The molecule has 4 bridgehead atoms. The zero-order valence-corrected chi connectivity index (χ0v) is 15.3. The molecule has 24 heavy (non-hydrogen) atoms. The van der Waals surface area contributed by atoms with Crippen molar-refractivity contribution in [3.8, 4) is 0 Å². The molecular formula is C17H22BrN3O3. The lowest BCUT2D eigenvalue weighted by atomic mass is 9.80. The molecule has 130 valence electrons. The number of nitrogens with one attached hydrogen (secondary N) is 1. The second-order valence-corrected chi connectivity index (χ2v) is 8.50. The average Bonchev–Trinajstić information content (AvgIpc) is 2.91. The molecule has 0 spiro atoms. The molecule has 0 radical (unpaired) electrons. The summed E-state index contributed by atoms with van der Waals surface area (Å²) in [5, 5.41) is 17.0. The van der Waals surface area contributed by atoms with Gasteiger partial charge in [-0.15, -0.1) is 0 Å². The van der Waals surface area contributed by atoms with Crippen LogP contribution < -0.4 is 10.9 Å². The van der Waals surface area contributed by atoms with Crippen LogP contribution in [-0.2, 0) is 4.79 Å². The Labute approximate surface area is 148 Å². The van der Waals surface area contributed by atoms with E-state index in [9.17, 15) is 14.7 Å². The highest BCUT2D eigenvalue weighted by atomic mass is 79.9. The molecule has 0 amide bonds. The van der Waals surface area contributed by atoms with Gasteiger partial charge in [-0.05, 0) is 72.2 Å². The molecule has 4 aliphatic rings. The molecule has 1 heterocycles. The number of carbonyl (C=O) groups is 1. The Morgan fingerprint density at radius 1 is 1.46 bits per heavy atom. The molecule has 3 unspecified atom stereocenters. The summed E-state index contributed by atoms with van der Waals surface area (Å²) in [6.45, 7) is 1.74. The van der Waals surface area contributed by atoms with Gasteiger partial charge in [-0.1, -0.05) is 6.92 Å². The minimum absolute atomic E-state index is 0.105. The van der Waals surface area contributed by atoms with Gasteiger partial charge >= 0.3 is 5.97 Å². The molecule has 3 atom stereocenters. The fourth-order valence-corrected chi connectivity index (χ4v) is 5.86. The van der Waals surface area contributed by atoms with Crippen LogP contribution in [0.15, 0.2) is 15.5 Å². The SMILES string of the molecule is CCC(C(=O)O)n1ncc(NC23CC4CC(CC2C4)C3)c(Br)c1=O. The van der Waals surface area contributed by atoms with Crippen LogP contribution >= 0.6 is 15.9 Å². The van der Waals surface area contributed by atoms with Crippen molar-refractivity contribution in [2.45, 2.75) is 57.0 Å². The molecule has 7 heteroatoms. The molecule has 0 aromatic carbocycles. The van der Waals surface area contributed by atoms with E-state index in [0.29, 0.717) is 22.5 Å². The second-order valence-electron chi connectivity index (χ2n) is 7.71. The summed E-state index contributed by atoms with van der Waals surface area (Å²) >= 11 is 3.38. The van der Waals surface area contributed by atoms with Crippen molar-refractivity contribution in [1.29, 1.82) is 0 Å². The van der Waals surface area contributed by atoms with E-state index in [1.165, 1.54) is 32.1 Å². The number of carboxylic acid groups (broad SMARTS) is 1. The fourth-order valence-electron chi connectivity index (χ4n) is 5.47. The Morgan fingerprint density at radius 3 is 2.71 bits per heavy atom. The number of hydrogen-bond acceptors (Lipinski definition) is 4. The molecule has 4 fully saturated rings. The van der Waals surface area contributed by atoms with Crippen molar-refractivity contribution in [1.82, 2.24) is 9.78 Å². The monoisotopic (exact) mass is 395 g/mol. The van der Waals surface area contributed by atoms with Crippen LogP contribution in [0.4, 0.5) is 5.69 Å². The number of hydrogen-bond donors (Lipinski definition) is 2. The zero-order valence-electron chi connectivity index (χ0n) is 13.7. The van der Waals surface area contributed by atoms with E-state index in [2.05, 4.69) is 26.3 Å². The molecular weight excluding hydrogens is 374 g/mol. The number of anilines is 1. The van der Waals surface area contributed by atoms with Gasteiger partial charge in [0.15, 0.2) is 6.04 Å². The molecule has 1 aromatic heterocycles. The van der Waals surface area contributed by atoms with Gasteiger partial charge in [-0.3, -0.25) is 4.79 Å². The van der Waals surface area contributed by atoms with E-state index in [4.69, 9.17) is 0 Å². The molecule has 4 saturated carbocycles. The van der Waals surface area contributed by atoms with E-state index in [0.717, 1.165) is 16.5 Å². The maximum Gasteiger partial charge on any atom is 0.328 e. The van der Waals surface area contributed by atoms with Crippen molar-refractivity contribution in [3.05, 3.63) is 21.0 Å². The largest absolute Gasteiger partial charge is 0.480 e. The quantitative estimate of drug-likeness (QED) is 0.800. The van der Waals surface area contributed by atoms with Gasteiger partial charge in [0.25, 0.3) is 5.56 Å². The van der Waals surface area contributed by atoms with Gasteiger partial charge in [0, 0.05) is 5.54 Å². The topological polar surface area (TPSA) is 84.2 Å². The highest BCUT2D eigenvalue weighted by Gasteiger charge is 2.57. The number of aromatic nitrogens is 2. The Balaban J connectivity index is 1.65. The van der Waals surface area contributed by atoms with Crippen molar-refractivity contribution >= 4 is 27.6 Å². The van der Waals surface area contributed by atoms with Gasteiger partial charge in [0.2, 0.25) is 0 Å². The van der Waals surface area contributed by atoms with Gasteiger partial charge in [0.05, 0.1) is 11.9 Å². The lowest BCUT2D eigenvalue weighted by molar-refractivity contribution is -0.141. The van der Waals surface area contributed by atoms with Crippen LogP contribution in [0.2, 0.25) is 0 Å². The lowest BCUT2D eigenvalue weighted by Crippen LogP contribution is -2.41. The lowest BCUT2D eigenvalue weighted by Gasteiger charge is -2.35. The normalized spacial score (nSPS) is 34.5.